The Labute approximate surface area is 80.1 Å². The molecule has 0 amide bonds. The lowest BCUT2D eigenvalue weighted by atomic mass is 10.1. The number of aliphatic hydroxyl groups is 1. The number of Topliss-reactive ketones (excluding diaryl/α,β-unsaturated/α-hetero) is 1. The van der Waals surface area contributed by atoms with Gasteiger partial charge in [-0.05, 0) is 0 Å². The zero-order valence-electron chi connectivity index (χ0n) is 7.21. The molecule has 1 N–H and O–H groups in total. The highest BCUT2D eigenvalue weighted by Crippen LogP contribution is 2.26. The molecule has 2 atom stereocenters. The quantitative estimate of drug-likeness (QED) is 0.510. The fourth-order valence-electron chi connectivity index (χ4n) is 1.36. The maximum absolute atomic E-state index is 11.3. The molecule has 0 spiro atoms. The molecule has 72 valence electrons. The van der Waals surface area contributed by atoms with E-state index in [0.29, 0.717) is 5.56 Å². The first-order valence-corrected chi connectivity index (χ1v) is 4.17. The number of ether oxygens (including phenoxy) is 1. The van der Waals surface area contributed by atoms with Crippen LogP contribution in [0.1, 0.15) is 11.7 Å². The Hall–Kier alpha value is -1.68. The molecular formula is C10H8O4. The minimum absolute atomic E-state index is 0.586. The van der Waals surface area contributed by atoms with Gasteiger partial charge in [0, 0.05) is 5.56 Å². The fourth-order valence-corrected chi connectivity index (χ4v) is 1.36. The zero-order valence-corrected chi connectivity index (χ0v) is 7.21. The van der Waals surface area contributed by atoms with Gasteiger partial charge in [0.2, 0.25) is 11.9 Å². The highest BCUT2D eigenvalue weighted by Gasteiger charge is 2.42. The van der Waals surface area contributed by atoms with Gasteiger partial charge in [0.25, 0.3) is 0 Å². The average Bonchev–Trinajstić information content (AvgIpc) is 2.47. The Morgan fingerprint density at radius 3 is 2.29 bits per heavy atom. The molecule has 4 heteroatoms. The molecule has 0 aliphatic carbocycles. The number of cyclic esters (lactones) is 1. The third-order valence-electron chi connectivity index (χ3n) is 2.09. The number of carbonyl (C=O) groups excluding carboxylic acids is 2. The predicted molar refractivity (Wildman–Crippen MR) is 46.3 cm³/mol. The summed E-state index contributed by atoms with van der Waals surface area (Å²) in [5.74, 6) is -1.47. The average molecular weight is 192 g/mol. The Balaban J connectivity index is 2.30. The van der Waals surface area contributed by atoms with Crippen molar-refractivity contribution in [2.75, 3.05) is 0 Å². The molecule has 1 aliphatic rings. The third-order valence-corrected chi connectivity index (χ3v) is 2.09. The van der Waals surface area contributed by atoms with Gasteiger partial charge in [0.05, 0.1) is 0 Å². The minimum Gasteiger partial charge on any atom is -0.447 e. The first kappa shape index (κ1) is 8.90. The predicted octanol–water partition coefficient (Wildman–Crippen LogP) is 0.214. The van der Waals surface area contributed by atoms with Crippen LogP contribution in [-0.4, -0.2) is 23.0 Å². The van der Waals surface area contributed by atoms with E-state index in [1.165, 1.54) is 0 Å². The Bertz CT molecular complexity index is 371. The van der Waals surface area contributed by atoms with Crippen molar-refractivity contribution in [2.24, 2.45) is 0 Å². The first-order valence-electron chi connectivity index (χ1n) is 4.17. The van der Waals surface area contributed by atoms with Crippen LogP contribution in [0, 0.1) is 0 Å². The normalized spacial score (nSPS) is 26.4. The van der Waals surface area contributed by atoms with E-state index in [0.717, 1.165) is 0 Å². The first-order chi connectivity index (χ1) is 6.70. The Morgan fingerprint density at radius 1 is 1.14 bits per heavy atom. The second-order valence-electron chi connectivity index (χ2n) is 3.03. The molecule has 2 rings (SSSR count). The van der Waals surface area contributed by atoms with Gasteiger partial charge in [-0.25, -0.2) is 4.79 Å². The third kappa shape index (κ3) is 1.29. The molecule has 1 aromatic rings. The second-order valence-corrected chi connectivity index (χ2v) is 3.03. The summed E-state index contributed by atoms with van der Waals surface area (Å²) < 4.78 is 4.73. The van der Waals surface area contributed by atoms with Gasteiger partial charge >= 0.3 is 5.97 Å². The Kier molecular flexibility index (Phi) is 2.05. The topological polar surface area (TPSA) is 63.6 Å². The number of aliphatic hydroxyl groups excluding tert-OH is 1. The van der Waals surface area contributed by atoms with E-state index < -0.39 is 24.0 Å². The molecule has 1 fully saturated rings. The number of rotatable bonds is 1. The molecule has 0 aromatic heterocycles. The van der Waals surface area contributed by atoms with Crippen LogP contribution in [0.3, 0.4) is 0 Å². The van der Waals surface area contributed by atoms with Crippen molar-refractivity contribution in [3.63, 3.8) is 0 Å². The standard InChI is InChI=1S/C10H8O4/c11-7-8(12)10(13)14-9(7)6-4-2-1-3-5-6/h1-5,8-9,12H/t8?,9-/m0/s1. The number of hydrogen-bond donors (Lipinski definition) is 1. The van der Waals surface area contributed by atoms with Crippen molar-refractivity contribution in [2.45, 2.75) is 12.2 Å². The van der Waals surface area contributed by atoms with Crippen LogP contribution >= 0.6 is 0 Å². The smallest absolute Gasteiger partial charge is 0.344 e. The van der Waals surface area contributed by atoms with Crippen molar-refractivity contribution in [1.82, 2.24) is 0 Å². The van der Waals surface area contributed by atoms with E-state index in [1.807, 2.05) is 0 Å². The lowest BCUT2D eigenvalue weighted by Crippen LogP contribution is -2.21. The van der Waals surface area contributed by atoms with E-state index >= 15 is 0 Å². The highest BCUT2D eigenvalue weighted by atomic mass is 16.6. The van der Waals surface area contributed by atoms with E-state index in [9.17, 15) is 9.59 Å². The SMILES string of the molecule is O=C1O[C@@H](c2ccccc2)C(=O)C1O. The summed E-state index contributed by atoms with van der Waals surface area (Å²) >= 11 is 0. The number of benzene rings is 1. The molecule has 1 heterocycles. The van der Waals surface area contributed by atoms with E-state index in [1.54, 1.807) is 30.3 Å². The largest absolute Gasteiger partial charge is 0.447 e. The number of hydrogen-bond acceptors (Lipinski definition) is 4. The maximum atomic E-state index is 11.3. The van der Waals surface area contributed by atoms with Crippen molar-refractivity contribution >= 4 is 11.8 Å². The molecule has 4 nitrogen and oxygen atoms in total. The van der Waals surface area contributed by atoms with Gasteiger partial charge in [0.1, 0.15) is 0 Å². The van der Waals surface area contributed by atoms with Gasteiger partial charge in [-0.1, -0.05) is 30.3 Å². The molecule has 0 saturated carbocycles. The molecule has 0 bridgehead atoms. The van der Waals surface area contributed by atoms with Gasteiger partial charge in [-0.2, -0.15) is 0 Å². The Morgan fingerprint density at radius 2 is 1.79 bits per heavy atom. The van der Waals surface area contributed by atoms with Gasteiger partial charge in [-0.15, -0.1) is 0 Å². The van der Waals surface area contributed by atoms with Gasteiger partial charge in [-0.3, -0.25) is 4.79 Å². The maximum Gasteiger partial charge on any atom is 0.344 e. The van der Waals surface area contributed by atoms with Crippen molar-refractivity contribution in [3.05, 3.63) is 35.9 Å². The summed E-state index contributed by atoms with van der Waals surface area (Å²) in [6.45, 7) is 0. The van der Waals surface area contributed by atoms with Crippen LogP contribution in [-0.2, 0) is 14.3 Å². The summed E-state index contributed by atoms with van der Waals surface area (Å²) in [6.07, 6.45) is -2.57. The van der Waals surface area contributed by atoms with Crippen LogP contribution in [0.25, 0.3) is 0 Å². The van der Waals surface area contributed by atoms with E-state index in [2.05, 4.69) is 0 Å². The lowest BCUT2D eigenvalue weighted by molar-refractivity contribution is -0.147. The minimum atomic E-state index is -1.62. The highest BCUT2D eigenvalue weighted by molar-refractivity contribution is 6.09. The van der Waals surface area contributed by atoms with Crippen LogP contribution in [0.4, 0.5) is 0 Å². The van der Waals surface area contributed by atoms with Gasteiger partial charge in [0.15, 0.2) is 6.10 Å². The molecule has 1 aliphatic heterocycles. The van der Waals surface area contributed by atoms with Crippen LogP contribution in [0.15, 0.2) is 30.3 Å². The van der Waals surface area contributed by atoms with E-state index in [-0.39, 0.29) is 0 Å². The number of carbonyl (C=O) groups is 2. The van der Waals surface area contributed by atoms with Crippen LogP contribution in [0.5, 0.6) is 0 Å². The number of ketones is 1. The zero-order chi connectivity index (χ0) is 10.1. The molecule has 1 unspecified atom stereocenters. The monoisotopic (exact) mass is 192 g/mol. The second kappa shape index (κ2) is 3.23. The molecule has 1 aromatic carbocycles. The van der Waals surface area contributed by atoms with Gasteiger partial charge < -0.3 is 9.84 Å². The van der Waals surface area contributed by atoms with Crippen molar-refractivity contribution in [3.8, 4) is 0 Å². The summed E-state index contributed by atoms with van der Waals surface area (Å²) in [5.41, 5.74) is 0.586. The lowest BCUT2D eigenvalue weighted by Gasteiger charge is -2.06. The van der Waals surface area contributed by atoms with Crippen LogP contribution < -0.4 is 0 Å². The number of esters is 1. The molecular weight excluding hydrogens is 184 g/mol. The summed E-state index contributed by atoms with van der Waals surface area (Å²) in [7, 11) is 0. The fraction of sp³-hybridized carbons (Fsp3) is 0.200. The van der Waals surface area contributed by atoms with Crippen molar-refractivity contribution < 1.29 is 19.4 Å². The van der Waals surface area contributed by atoms with Crippen LogP contribution in [0.2, 0.25) is 0 Å². The van der Waals surface area contributed by atoms with Crippen molar-refractivity contribution in [1.29, 1.82) is 0 Å². The summed E-state index contributed by atoms with van der Waals surface area (Å²) in [4.78, 5) is 22.2. The summed E-state index contributed by atoms with van der Waals surface area (Å²) in [6, 6.07) is 8.62. The van der Waals surface area contributed by atoms with E-state index in [4.69, 9.17) is 9.84 Å². The molecule has 14 heavy (non-hydrogen) atoms. The molecule has 1 saturated heterocycles. The summed E-state index contributed by atoms with van der Waals surface area (Å²) in [5, 5.41) is 9.07. The molecule has 0 radical (unpaired) electrons.